The van der Waals surface area contributed by atoms with Crippen LogP contribution in [0.2, 0.25) is 0 Å². The van der Waals surface area contributed by atoms with Crippen molar-refractivity contribution >= 4 is 16.9 Å². The zero-order valence-corrected chi connectivity index (χ0v) is 11.7. The molecule has 0 bridgehead atoms. The summed E-state index contributed by atoms with van der Waals surface area (Å²) < 4.78 is 52.7. The van der Waals surface area contributed by atoms with E-state index in [9.17, 15) is 17.6 Å². The summed E-state index contributed by atoms with van der Waals surface area (Å²) >= 11 is 0. The standard InChI is InChI=1S/C15H16F4N2/c1-14(2)4-3-8-5-9-10(15(17,18)19)6-13(16)20-12(9)7-11(8)21-14/h5-7,13,20-21H,3-4H2,1-2H3. The highest BCUT2D eigenvalue weighted by atomic mass is 19.4. The summed E-state index contributed by atoms with van der Waals surface area (Å²) in [7, 11) is 0. The monoisotopic (exact) mass is 300 g/mol. The molecule has 2 heterocycles. The van der Waals surface area contributed by atoms with E-state index < -0.39 is 18.0 Å². The first-order chi connectivity index (χ1) is 9.66. The summed E-state index contributed by atoms with van der Waals surface area (Å²) in [5, 5.41) is 5.75. The van der Waals surface area contributed by atoms with E-state index >= 15 is 0 Å². The van der Waals surface area contributed by atoms with E-state index in [1.807, 2.05) is 13.8 Å². The number of rotatable bonds is 0. The minimum atomic E-state index is -4.56. The number of hydrogen-bond donors (Lipinski definition) is 2. The lowest BCUT2D eigenvalue weighted by Crippen LogP contribution is -2.35. The van der Waals surface area contributed by atoms with Crippen LogP contribution in [0.3, 0.4) is 0 Å². The number of hydrogen-bond acceptors (Lipinski definition) is 2. The Morgan fingerprint density at radius 2 is 1.90 bits per heavy atom. The SMILES string of the molecule is CC1(C)CCc2cc3c(cc2N1)NC(F)C=C3C(F)(F)F. The molecule has 6 heteroatoms. The molecule has 0 fully saturated rings. The fraction of sp³-hybridized carbons (Fsp3) is 0.467. The van der Waals surface area contributed by atoms with Crippen LogP contribution in [-0.4, -0.2) is 18.0 Å². The normalized spacial score (nSPS) is 23.3. The minimum absolute atomic E-state index is 0.0247. The number of nitrogens with one attached hydrogen (secondary N) is 2. The van der Waals surface area contributed by atoms with Crippen LogP contribution in [0, 0.1) is 0 Å². The van der Waals surface area contributed by atoms with Crippen molar-refractivity contribution in [1.82, 2.24) is 0 Å². The average Bonchev–Trinajstić information content (AvgIpc) is 2.33. The predicted octanol–water partition coefficient (Wildman–Crippen LogP) is 4.49. The van der Waals surface area contributed by atoms with Crippen molar-refractivity contribution in [1.29, 1.82) is 0 Å². The van der Waals surface area contributed by atoms with Crippen molar-refractivity contribution in [2.75, 3.05) is 10.6 Å². The molecule has 0 aliphatic carbocycles. The van der Waals surface area contributed by atoms with E-state index in [-0.39, 0.29) is 16.8 Å². The van der Waals surface area contributed by atoms with Gasteiger partial charge in [0.25, 0.3) is 0 Å². The van der Waals surface area contributed by atoms with E-state index in [2.05, 4.69) is 10.6 Å². The highest BCUT2D eigenvalue weighted by Crippen LogP contribution is 2.44. The van der Waals surface area contributed by atoms with Crippen LogP contribution in [-0.2, 0) is 6.42 Å². The molecule has 2 aliphatic rings. The molecule has 2 N–H and O–H groups in total. The molecule has 0 spiro atoms. The Labute approximate surface area is 120 Å². The van der Waals surface area contributed by atoms with Gasteiger partial charge in [0.2, 0.25) is 0 Å². The summed E-state index contributed by atoms with van der Waals surface area (Å²) in [4.78, 5) is 0. The third-order valence-electron chi connectivity index (χ3n) is 3.94. The minimum Gasteiger partial charge on any atom is -0.380 e. The molecule has 0 aromatic heterocycles. The predicted molar refractivity (Wildman–Crippen MR) is 75.0 cm³/mol. The van der Waals surface area contributed by atoms with Gasteiger partial charge in [-0.15, -0.1) is 0 Å². The molecule has 1 aromatic rings. The lowest BCUT2D eigenvalue weighted by atomic mass is 9.86. The molecule has 2 nitrogen and oxygen atoms in total. The first-order valence-electron chi connectivity index (χ1n) is 6.81. The first-order valence-corrected chi connectivity index (χ1v) is 6.81. The van der Waals surface area contributed by atoms with Gasteiger partial charge in [-0.2, -0.15) is 13.2 Å². The molecule has 3 rings (SSSR count). The van der Waals surface area contributed by atoms with Crippen LogP contribution in [0.5, 0.6) is 0 Å². The van der Waals surface area contributed by atoms with Crippen molar-refractivity contribution in [3.8, 4) is 0 Å². The molecule has 1 atom stereocenters. The van der Waals surface area contributed by atoms with Crippen LogP contribution in [0.15, 0.2) is 18.2 Å². The fourth-order valence-electron chi connectivity index (χ4n) is 2.86. The second-order valence-corrected chi connectivity index (χ2v) is 6.19. The third-order valence-corrected chi connectivity index (χ3v) is 3.94. The molecular weight excluding hydrogens is 284 g/mol. The largest absolute Gasteiger partial charge is 0.416 e. The van der Waals surface area contributed by atoms with Crippen molar-refractivity contribution in [3.63, 3.8) is 0 Å². The number of benzene rings is 1. The molecule has 1 unspecified atom stereocenters. The van der Waals surface area contributed by atoms with Crippen molar-refractivity contribution < 1.29 is 17.6 Å². The molecule has 0 saturated carbocycles. The number of alkyl halides is 4. The van der Waals surface area contributed by atoms with E-state index in [1.54, 1.807) is 6.07 Å². The molecule has 0 saturated heterocycles. The zero-order valence-electron chi connectivity index (χ0n) is 11.7. The number of halogens is 4. The maximum absolute atomic E-state index is 13.5. The van der Waals surface area contributed by atoms with Gasteiger partial charge >= 0.3 is 6.18 Å². The number of aryl methyl sites for hydroxylation is 1. The molecule has 114 valence electrons. The van der Waals surface area contributed by atoms with Crippen LogP contribution in [0.1, 0.15) is 31.4 Å². The Kier molecular flexibility index (Phi) is 2.97. The zero-order chi connectivity index (χ0) is 15.4. The van der Waals surface area contributed by atoms with Crippen LogP contribution in [0.25, 0.3) is 5.57 Å². The maximum Gasteiger partial charge on any atom is 0.416 e. The molecule has 2 aliphatic heterocycles. The van der Waals surface area contributed by atoms with E-state index in [0.717, 1.165) is 17.7 Å². The summed E-state index contributed by atoms with van der Waals surface area (Å²) in [6, 6.07) is 3.10. The number of anilines is 2. The molecular formula is C15H16F4N2. The van der Waals surface area contributed by atoms with Crippen molar-refractivity contribution in [3.05, 3.63) is 29.3 Å². The second-order valence-electron chi connectivity index (χ2n) is 6.19. The average molecular weight is 300 g/mol. The summed E-state index contributed by atoms with van der Waals surface area (Å²) in [5.74, 6) is 0. The molecule has 0 amide bonds. The lowest BCUT2D eigenvalue weighted by molar-refractivity contribution is -0.0693. The van der Waals surface area contributed by atoms with Gasteiger partial charge in [-0.3, -0.25) is 0 Å². The van der Waals surface area contributed by atoms with Gasteiger partial charge in [0.15, 0.2) is 6.30 Å². The smallest absolute Gasteiger partial charge is 0.380 e. The topological polar surface area (TPSA) is 24.1 Å². The summed E-state index contributed by atoms with van der Waals surface area (Å²) in [6.07, 6.45) is -4.26. The Morgan fingerprint density at radius 3 is 2.57 bits per heavy atom. The highest BCUT2D eigenvalue weighted by molar-refractivity contribution is 5.85. The van der Waals surface area contributed by atoms with Gasteiger partial charge in [0.1, 0.15) is 0 Å². The first kappa shape index (κ1) is 14.2. The van der Waals surface area contributed by atoms with Crippen LogP contribution >= 0.6 is 0 Å². The van der Waals surface area contributed by atoms with E-state index in [4.69, 9.17) is 0 Å². The molecule has 0 radical (unpaired) electrons. The van der Waals surface area contributed by atoms with Crippen LogP contribution < -0.4 is 10.6 Å². The molecule has 21 heavy (non-hydrogen) atoms. The van der Waals surface area contributed by atoms with Gasteiger partial charge in [0.05, 0.1) is 5.57 Å². The Bertz CT molecular complexity index is 617. The second kappa shape index (κ2) is 4.39. The van der Waals surface area contributed by atoms with Gasteiger partial charge < -0.3 is 10.6 Å². The highest BCUT2D eigenvalue weighted by Gasteiger charge is 2.39. The molecule has 1 aromatic carbocycles. The van der Waals surface area contributed by atoms with Gasteiger partial charge in [-0.1, -0.05) is 0 Å². The third kappa shape index (κ3) is 2.59. The van der Waals surface area contributed by atoms with E-state index in [0.29, 0.717) is 12.5 Å². The Morgan fingerprint density at radius 1 is 1.19 bits per heavy atom. The lowest BCUT2D eigenvalue weighted by Gasteiger charge is -2.35. The summed E-state index contributed by atoms with van der Waals surface area (Å²) in [6.45, 7) is 4.06. The number of fused-ring (bicyclic) bond motifs is 2. The van der Waals surface area contributed by atoms with Gasteiger partial charge in [-0.05, 0) is 50.5 Å². The quantitative estimate of drug-likeness (QED) is 0.545. The van der Waals surface area contributed by atoms with Crippen LogP contribution in [0.4, 0.5) is 28.9 Å². The van der Waals surface area contributed by atoms with Gasteiger partial charge in [-0.25, -0.2) is 4.39 Å². The summed E-state index contributed by atoms with van der Waals surface area (Å²) in [5.41, 5.74) is 0.790. The van der Waals surface area contributed by atoms with Crippen molar-refractivity contribution in [2.45, 2.75) is 44.7 Å². The van der Waals surface area contributed by atoms with Gasteiger partial charge in [0, 0.05) is 22.5 Å². The van der Waals surface area contributed by atoms with E-state index in [1.165, 1.54) is 6.07 Å². The Hall–Kier alpha value is -1.72. The Balaban J connectivity index is 2.10. The number of allylic oxidation sites excluding steroid dienone is 1. The fourth-order valence-corrected chi connectivity index (χ4v) is 2.86. The maximum atomic E-state index is 13.5. The van der Waals surface area contributed by atoms with Crippen molar-refractivity contribution in [2.24, 2.45) is 0 Å².